The Balaban J connectivity index is 2.40. The lowest BCUT2D eigenvalue weighted by Crippen LogP contribution is -2.33. The third-order valence-electron chi connectivity index (χ3n) is 2.68. The lowest BCUT2D eigenvalue weighted by Gasteiger charge is -2.26. The molecule has 0 saturated carbocycles. The molecule has 0 radical (unpaired) electrons. The van der Waals surface area contributed by atoms with Crippen molar-refractivity contribution in [2.75, 3.05) is 17.2 Å². The molecule has 2 aromatic heterocycles. The number of anilines is 2. The normalized spacial score (nSPS) is 10.9. The molecule has 0 fully saturated rings. The molecule has 102 valence electrons. The summed E-state index contributed by atoms with van der Waals surface area (Å²) >= 11 is 0. The fourth-order valence-electron chi connectivity index (χ4n) is 1.82. The number of aromatic nitrogens is 5. The van der Waals surface area contributed by atoms with E-state index in [0.29, 0.717) is 17.9 Å². The molecular weight excluding hydrogens is 242 g/mol. The predicted octanol–water partition coefficient (Wildman–Crippen LogP) is 1.26. The maximum absolute atomic E-state index is 5.77. The van der Waals surface area contributed by atoms with Crippen molar-refractivity contribution in [3.05, 3.63) is 18.5 Å². The van der Waals surface area contributed by atoms with Gasteiger partial charge in [0.2, 0.25) is 11.9 Å². The molecule has 0 bridgehead atoms. The van der Waals surface area contributed by atoms with Gasteiger partial charge in [-0.15, -0.1) is 0 Å². The zero-order valence-corrected chi connectivity index (χ0v) is 11.5. The Bertz CT molecular complexity index is 521. The fraction of sp³-hybridized carbons (Fsp3) is 0.500. The van der Waals surface area contributed by atoms with Gasteiger partial charge in [-0.1, -0.05) is 6.92 Å². The van der Waals surface area contributed by atoms with Gasteiger partial charge in [-0.3, -0.25) is 0 Å². The van der Waals surface area contributed by atoms with Crippen LogP contribution < -0.4 is 10.6 Å². The Kier molecular flexibility index (Phi) is 3.94. The molecule has 0 aliphatic carbocycles. The molecule has 2 N–H and O–H groups in total. The van der Waals surface area contributed by atoms with Gasteiger partial charge in [0.1, 0.15) is 0 Å². The van der Waals surface area contributed by atoms with Crippen LogP contribution in [0, 0.1) is 0 Å². The van der Waals surface area contributed by atoms with Gasteiger partial charge in [0.05, 0.1) is 0 Å². The van der Waals surface area contributed by atoms with Crippen molar-refractivity contribution in [2.24, 2.45) is 0 Å². The van der Waals surface area contributed by atoms with E-state index in [2.05, 4.69) is 45.7 Å². The minimum absolute atomic E-state index is 0.206. The number of hydrogen-bond donors (Lipinski definition) is 1. The summed E-state index contributed by atoms with van der Waals surface area (Å²) in [5.41, 5.74) is 5.77. The Morgan fingerprint density at radius 3 is 2.68 bits per heavy atom. The summed E-state index contributed by atoms with van der Waals surface area (Å²) in [6, 6.07) is 2.11. The van der Waals surface area contributed by atoms with Crippen LogP contribution in [0.15, 0.2) is 18.5 Å². The summed E-state index contributed by atoms with van der Waals surface area (Å²) in [5.74, 6) is 1.24. The van der Waals surface area contributed by atoms with Crippen molar-refractivity contribution in [3.8, 4) is 5.95 Å². The molecule has 0 saturated heterocycles. The van der Waals surface area contributed by atoms with Gasteiger partial charge in [0.15, 0.2) is 0 Å². The lowest BCUT2D eigenvalue weighted by atomic mass is 10.3. The molecule has 2 rings (SSSR count). The molecule has 7 nitrogen and oxygen atoms in total. The first-order valence-electron chi connectivity index (χ1n) is 6.40. The third kappa shape index (κ3) is 2.98. The Morgan fingerprint density at radius 1 is 1.32 bits per heavy atom. The van der Waals surface area contributed by atoms with E-state index < -0.39 is 0 Å². The number of rotatable bonds is 5. The maximum atomic E-state index is 5.77. The minimum atomic E-state index is 0.206. The highest BCUT2D eigenvalue weighted by molar-refractivity contribution is 5.38. The summed E-state index contributed by atoms with van der Waals surface area (Å²) in [6.45, 7) is 7.19. The standard InChI is InChI=1S/C12H19N7/c1-4-7-18(9(2)3)11-15-10(13)16-12(17-11)19-8-5-6-14-19/h5-6,8-9H,4,7H2,1-3H3,(H2,13,15,16,17). The van der Waals surface area contributed by atoms with Gasteiger partial charge in [0.25, 0.3) is 5.95 Å². The van der Waals surface area contributed by atoms with E-state index in [-0.39, 0.29) is 5.95 Å². The van der Waals surface area contributed by atoms with E-state index in [1.807, 2.05) is 6.07 Å². The maximum Gasteiger partial charge on any atom is 0.257 e. The van der Waals surface area contributed by atoms with Crippen molar-refractivity contribution in [3.63, 3.8) is 0 Å². The summed E-state index contributed by atoms with van der Waals surface area (Å²) in [4.78, 5) is 14.9. The number of nitrogens with zero attached hydrogens (tertiary/aromatic N) is 6. The Labute approximate surface area is 112 Å². The van der Waals surface area contributed by atoms with Crippen LogP contribution in [0.25, 0.3) is 5.95 Å². The predicted molar refractivity (Wildman–Crippen MR) is 74.1 cm³/mol. The fourth-order valence-corrected chi connectivity index (χ4v) is 1.82. The molecular formula is C12H19N7. The van der Waals surface area contributed by atoms with E-state index >= 15 is 0 Å². The quantitative estimate of drug-likeness (QED) is 0.872. The van der Waals surface area contributed by atoms with E-state index in [4.69, 9.17) is 5.73 Å². The van der Waals surface area contributed by atoms with Crippen LogP contribution in [-0.2, 0) is 0 Å². The molecule has 0 amide bonds. The summed E-state index contributed by atoms with van der Waals surface area (Å²) in [7, 11) is 0. The van der Waals surface area contributed by atoms with Crippen LogP contribution >= 0.6 is 0 Å². The minimum Gasteiger partial charge on any atom is -0.368 e. The van der Waals surface area contributed by atoms with Gasteiger partial charge < -0.3 is 10.6 Å². The molecule has 7 heteroatoms. The molecule has 0 aliphatic heterocycles. The Morgan fingerprint density at radius 2 is 2.11 bits per heavy atom. The molecule has 0 aliphatic rings. The summed E-state index contributed by atoms with van der Waals surface area (Å²) in [5, 5.41) is 4.11. The van der Waals surface area contributed by atoms with Crippen LogP contribution in [0.1, 0.15) is 27.2 Å². The van der Waals surface area contributed by atoms with E-state index in [1.54, 1.807) is 17.1 Å². The number of nitrogen functional groups attached to an aromatic ring is 1. The molecule has 0 atom stereocenters. The van der Waals surface area contributed by atoms with Gasteiger partial charge >= 0.3 is 0 Å². The SMILES string of the molecule is CCCN(c1nc(N)nc(-n2cccn2)n1)C(C)C. The first kappa shape index (κ1) is 13.3. The van der Waals surface area contributed by atoms with Crippen LogP contribution in [0.5, 0.6) is 0 Å². The largest absolute Gasteiger partial charge is 0.368 e. The van der Waals surface area contributed by atoms with E-state index in [1.165, 1.54) is 0 Å². The third-order valence-corrected chi connectivity index (χ3v) is 2.68. The molecule has 2 aromatic rings. The summed E-state index contributed by atoms with van der Waals surface area (Å²) < 4.78 is 1.58. The zero-order valence-electron chi connectivity index (χ0n) is 11.5. The van der Waals surface area contributed by atoms with Gasteiger partial charge in [0, 0.05) is 25.0 Å². The summed E-state index contributed by atoms with van der Waals surface area (Å²) in [6.07, 6.45) is 4.46. The molecule has 2 heterocycles. The highest BCUT2D eigenvalue weighted by Gasteiger charge is 2.15. The van der Waals surface area contributed by atoms with Crippen LogP contribution in [-0.4, -0.2) is 37.3 Å². The van der Waals surface area contributed by atoms with Crippen molar-refractivity contribution < 1.29 is 0 Å². The highest BCUT2D eigenvalue weighted by atomic mass is 15.4. The van der Waals surface area contributed by atoms with Crippen LogP contribution in [0.3, 0.4) is 0 Å². The number of hydrogen-bond acceptors (Lipinski definition) is 6. The second kappa shape index (κ2) is 5.64. The van der Waals surface area contributed by atoms with E-state index in [0.717, 1.165) is 13.0 Å². The van der Waals surface area contributed by atoms with Crippen molar-refractivity contribution in [1.82, 2.24) is 24.7 Å². The van der Waals surface area contributed by atoms with Gasteiger partial charge in [-0.2, -0.15) is 20.1 Å². The Hall–Kier alpha value is -2.18. The van der Waals surface area contributed by atoms with Crippen LogP contribution in [0.2, 0.25) is 0 Å². The number of nitrogens with two attached hydrogens (primary N) is 1. The highest BCUT2D eigenvalue weighted by Crippen LogP contribution is 2.14. The van der Waals surface area contributed by atoms with Crippen molar-refractivity contribution in [1.29, 1.82) is 0 Å². The molecule has 0 aromatic carbocycles. The second-order valence-electron chi connectivity index (χ2n) is 4.53. The van der Waals surface area contributed by atoms with Gasteiger partial charge in [-0.05, 0) is 26.3 Å². The smallest absolute Gasteiger partial charge is 0.257 e. The van der Waals surface area contributed by atoms with Crippen LogP contribution in [0.4, 0.5) is 11.9 Å². The van der Waals surface area contributed by atoms with E-state index in [9.17, 15) is 0 Å². The van der Waals surface area contributed by atoms with Gasteiger partial charge in [-0.25, -0.2) is 4.68 Å². The second-order valence-corrected chi connectivity index (χ2v) is 4.53. The average molecular weight is 261 g/mol. The molecule has 0 spiro atoms. The average Bonchev–Trinajstić information content (AvgIpc) is 2.88. The molecule has 19 heavy (non-hydrogen) atoms. The lowest BCUT2D eigenvalue weighted by molar-refractivity contribution is 0.645. The first-order chi connectivity index (χ1) is 9.11. The van der Waals surface area contributed by atoms with Crippen molar-refractivity contribution in [2.45, 2.75) is 33.2 Å². The molecule has 0 unspecified atom stereocenters. The zero-order chi connectivity index (χ0) is 13.8. The monoisotopic (exact) mass is 261 g/mol. The first-order valence-corrected chi connectivity index (χ1v) is 6.40. The van der Waals surface area contributed by atoms with Crippen molar-refractivity contribution >= 4 is 11.9 Å². The topological polar surface area (TPSA) is 85.8 Å².